The van der Waals surface area contributed by atoms with Gasteiger partial charge in [0.1, 0.15) is 0 Å². The SMILES string of the molecule is CNCC(C)CNC(=O)c1cc(Cl)cc(Br)c1. The quantitative estimate of drug-likeness (QED) is 0.876. The van der Waals surface area contributed by atoms with E-state index in [0.717, 1.165) is 11.0 Å². The largest absolute Gasteiger partial charge is 0.352 e. The predicted molar refractivity (Wildman–Crippen MR) is 74.6 cm³/mol. The van der Waals surface area contributed by atoms with Crippen molar-refractivity contribution in [3.8, 4) is 0 Å². The highest BCUT2D eigenvalue weighted by Gasteiger charge is 2.09. The monoisotopic (exact) mass is 318 g/mol. The van der Waals surface area contributed by atoms with Crippen LogP contribution in [-0.4, -0.2) is 26.0 Å². The molecule has 0 fully saturated rings. The topological polar surface area (TPSA) is 41.1 Å². The molecule has 0 aliphatic rings. The minimum atomic E-state index is -0.101. The van der Waals surface area contributed by atoms with Crippen LogP contribution >= 0.6 is 27.5 Å². The maximum atomic E-state index is 11.8. The fourth-order valence-corrected chi connectivity index (χ4v) is 2.33. The van der Waals surface area contributed by atoms with Gasteiger partial charge in [0.15, 0.2) is 0 Å². The Balaban J connectivity index is 2.58. The zero-order chi connectivity index (χ0) is 12.8. The Morgan fingerprint density at radius 2 is 2.12 bits per heavy atom. The van der Waals surface area contributed by atoms with Gasteiger partial charge >= 0.3 is 0 Å². The third-order valence-corrected chi connectivity index (χ3v) is 2.96. The van der Waals surface area contributed by atoms with Crippen LogP contribution in [0.2, 0.25) is 5.02 Å². The summed E-state index contributed by atoms with van der Waals surface area (Å²) < 4.78 is 0.804. The van der Waals surface area contributed by atoms with E-state index in [2.05, 4.69) is 33.5 Å². The molecule has 3 nitrogen and oxygen atoms in total. The van der Waals surface area contributed by atoms with Gasteiger partial charge in [0.25, 0.3) is 5.91 Å². The van der Waals surface area contributed by atoms with E-state index < -0.39 is 0 Å². The van der Waals surface area contributed by atoms with Crippen molar-refractivity contribution >= 4 is 33.4 Å². The molecule has 0 saturated heterocycles. The molecule has 0 saturated carbocycles. The van der Waals surface area contributed by atoms with E-state index in [0.29, 0.717) is 23.0 Å². The number of nitrogens with one attached hydrogen (secondary N) is 2. The van der Waals surface area contributed by atoms with Gasteiger partial charge in [-0.2, -0.15) is 0 Å². The molecule has 1 aromatic carbocycles. The minimum absolute atomic E-state index is 0.101. The van der Waals surface area contributed by atoms with Crippen LogP contribution in [0.4, 0.5) is 0 Å². The van der Waals surface area contributed by atoms with Gasteiger partial charge in [0, 0.05) is 21.6 Å². The van der Waals surface area contributed by atoms with Gasteiger partial charge in [-0.1, -0.05) is 34.5 Å². The van der Waals surface area contributed by atoms with Crippen LogP contribution in [0.25, 0.3) is 0 Å². The molecule has 1 rings (SSSR count). The summed E-state index contributed by atoms with van der Waals surface area (Å²) in [5, 5.41) is 6.50. The van der Waals surface area contributed by atoms with E-state index in [9.17, 15) is 4.79 Å². The van der Waals surface area contributed by atoms with Crippen molar-refractivity contribution in [2.24, 2.45) is 5.92 Å². The van der Waals surface area contributed by atoms with Gasteiger partial charge in [-0.15, -0.1) is 0 Å². The van der Waals surface area contributed by atoms with Crippen molar-refractivity contribution in [1.29, 1.82) is 0 Å². The number of benzene rings is 1. The standard InChI is InChI=1S/C12H16BrClN2O/c1-8(6-15-2)7-16-12(17)9-3-10(13)5-11(14)4-9/h3-5,8,15H,6-7H2,1-2H3,(H,16,17). The van der Waals surface area contributed by atoms with Gasteiger partial charge < -0.3 is 10.6 Å². The fraction of sp³-hybridized carbons (Fsp3) is 0.417. The van der Waals surface area contributed by atoms with Crippen molar-refractivity contribution in [1.82, 2.24) is 10.6 Å². The molecule has 0 aliphatic heterocycles. The van der Waals surface area contributed by atoms with Gasteiger partial charge in [-0.25, -0.2) is 0 Å². The Morgan fingerprint density at radius 3 is 2.71 bits per heavy atom. The van der Waals surface area contributed by atoms with Gasteiger partial charge in [0.05, 0.1) is 0 Å². The van der Waals surface area contributed by atoms with Crippen LogP contribution in [0.15, 0.2) is 22.7 Å². The van der Waals surface area contributed by atoms with E-state index in [1.54, 1.807) is 18.2 Å². The van der Waals surface area contributed by atoms with E-state index >= 15 is 0 Å². The lowest BCUT2D eigenvalue weighted by molar-refractivity contribution is 0.0948. The van der Waals surface area contributed by atoms with E-state index in [4.69, 9.17) is 11.6 Å². The van der Waals surface area contributed by atoms with Crippen LogP contribution in [0.5, 0.6) is 0 Å². The Bertz CT molecular complexity index is 378. The highest BCUT2D eigenvalue weighted by atomic mass is 79.9. The Kier molecular flexibility index (Phi) is 5.95. The first-order valence-electron chi connectivity index (χ1n) is 5.42. The molecule has 94 valence electrons. The normalized spacial score (nSPS) is 12.2. The molecular formula is C12H16BrClN2O. The number of rotatable bonds is 5. The van der Waals surface area contributed by atoms with E-state index in [-0.39, 0.29) is 5.91 Å². The van der Waals surface area contributed by atoms with Crippen molar-refractivity contribution in [2.45, 2.75) is 6.92 Å². The number of carbonyl (C=O) groups is 1. The summed E-state index contributed by atoms with van der Waals surface area (Å²) in [6.07, 6.45) is 0. The number of amides is 1. The third kappa shape index (κ3) is 5.06. The van der Waals surface area contributed by atoms with Crippen LogP contribution in [0.1, 0.15) is 17.3 Å². The Hall–Kier alpha value is -0.580. The highest BCUT2D eigenvalue weighted by Crippen LogP contribution is 2.19. The van der Waals surface area contributed by atoms with Crippen LogP contribution in [0, 0.1) is 5.92 Å². The van der Waals surface area contributed by atoms with E-state index in [1.807, 2.05) is 7.05 Å². The Labute approximate surface area is 115 Å². The molecule has 0 bridgehead atoms. The molecule has 0 aromatic heterocycles. The summed E-state index contributed by atoms with van der Waals surface area (Å²) in [5.41, 5.74) is 0.570. The van der Waals surface area contributed by atoms with Crippen LogP contribution in [-0.2, 0) is 0 Å². The summed E-state index contributed by atoms with van der Waals surface area (Å²) in [6.45, 7) is 3.59. The molecule has 0 spiro atoms. The zero-order valence-corrected chi connectivity index (χ0v) is 12.2. The lowest BCUT2D eigenvalue weighted by atomic mass is 10.1. The van der Waals surface area contributed by atoms with Crippen LogP contribution < -0.4 is 10.6 Å². The molecule has 0 radical (unpaired) electrons. The van der Waals surface area contributed by atoms with Crippen molar-refractivity contribution < 1.29 is 4.79 Å². The number of halogens is 2. The number of hydrogen-bond donors (Lipinski definition) is 2. The summed E-state index contributed by atoms with van der Waals surface area (Å²) in [4.78, 5) is 11.8. The van der Waals surface area contributed by atoms with Gasteiger partial charge in [0.2, 0.25) is 0 Å². The molecule has 0 aliphatic carbocycles. The minimum Gasteiger partial charge on any atom is -0.352 e. The van der Waals surface area contributed by atoms with Gasteiger partial charge in [-0.05, 0) is 37.7 Å². The molecular weight excluding hydrogens is 304 g/mol. The maximum absolute atomic E-state index is 11.8. The first kappa shape index (κ1) is 14.5. The lowest BCUT2D eigenvalue weighted by Gasteiger charge is -2.12. The molecule has 1 unspecified atom stereocenters. The number of carbonyl (C=O) groups excluding carboxylic acids is 1. The molecule has 1 amide bonds. The average Bonchev–Trinajstić information content (AvgIpc) is 2.25. The Morgan fingerprint density at radius 1 is 1.41 bits per heavy atom. The second-order valence-corrected chi connectivity index (χ2v) is 5.38. The van der Waals surface area contributed by atoms with Crippen LogP contribution in [0.3, 0.4) is 0 Å². The molecule has 17 heavy (non-hydrogen) atoms. The highest BCUT2D eigenvalue weighted by molar-refractivity contribution is 9.10. The molecule has 2 N–H and O–H groups in total. The third-order valence-electron chi connectivity index (χ3n) is 2.29. The van der Waals surface area contributed by atoms with Crippen molar-refractivity contribution in [2.75, 3.05) is 20.1 Å². The first-order chi connectivity index (χ1) is 8.02. The second-order valence-electron chi connectivity index (χ2n) is 4.03. The summed E-state index contributed by atoms with van der Waals surface area (Å²) in [7, 11) is 1.90. The molecule has 0 heterocycles. The van der Waals surface area contributed by atoms with Gasteiger partial charge in [-0.3, -0.25) is 4.79 Å². The smallest absolute Gasteiger partial charge is 0.251 e. The fourth-order valence-electron chi connectivity index (χ4n) is 1.47. The number of hydrogen-bond acceptors (Lipinski definition) is 2. The zero-order valence-electron chi connectivity index (χ0n) is 9.89. The average molecular weight is 320 g/mol. The maximum Gasteiger partial charge on any atom is 0.251 e. The molecule has 1 aromatic rings. The summed E-state index contributed by atoms with van der Waals surface area (Å²) in [5.74, 6) is 0.294. The van der Waals surface area contributed by atoms with Crippen molar-refractivity contribution in [3.05, 3.63) is 33.3 Å². The molecule has 5 heteroatoms. The first-order valence-corrected chi connectivity index (χ1v) is 6.59. The van der Waals surface area contributed by atoms with Crippen molar-refractivity contribution in [3.63, 3.8) is 0 Å². The lowest BCUT2D eigenvalue weighted by Crippen LogP contribution is -2.32. The second kappa shape index (κ2) is 6.99. The van der Waals surface area contributed by atoms with E-state index in [1.165, 1.54) is 0 Å². The summed E-state index contributed by atoms with van der Waals surface area (Å²) in [6, 6.07) is 5.16. The predicted octanol–water partition coefficient (Wildman–Crippen LogP) is 2.69. The summed E-state index contributed by atoms with van der Waals surface area (Å²) >= 11 is 9.20. The molecule has 1 atom stereocenters.